The molecule has 6 heteroatoms. The van der Waals surface area contributed by atoms with Crippen molar-refractivity contribution in [2.75, 3.05) is 0 Å². The first kappa shape index (κ1) is 18.0. The fourth-order valence-corrected chi connectivity index (χ4v) is 3.80. The van der Waals surface area contributed by atoms with Gasteiger partial charge in [0.2, 0.25) is 0 Å². The van der Waals surface area contributed by atoms with Crippen LogP contribution in [0.15, 0.2) is 93.0 Å². The van der Waals surface area contributed by atoms with E-state index in [2.05, 4.69) is 0 Å². The maximum Gasteiger partial charge on any atom is 0.339 e. The van der Waals surface area contributed by atoms with Crippen LogP contribution in [0.1, 0.15) is 5.56 Å². The van der Waals surface area contributed by atoms with E-state index < -0.39 is 15.7 Å². The van der Waals surface area contributed by atoms with Crippen LogP contribution < -0.4 is 9.81 Å². The Balaban J connectivity index is 1.60. The van der Waals surface area contributed by atoms with E-state index in [4.69, 9.17) is 8.60 Å². The van der Waals surface area contributed by atoms with Crippen LogP contribution in [0.25, 0.3) is 22.1 Å². The third kappa shape index (κ3) is 3.68. The predicted octanol–water partition coefficient (Wildman–Crippen LogP) is 4.54. The zero-order chi connectivity index (χ0) is 19.7. The molecular weight excluding hydrogens is 376 g/mol. The molecule has 0 unspecified atom stereocenters. The second kappa shape index (κ2) is 6.98. The van der Waals surface area contributed by atoms with Crippen molar-refractivity contribution in [3.63, 3.8) is 0 Å². The summed E-state index contributed by atoms with van der Waals surface area (Å²) in [6, 6.07) is 21.9. The van der Waals surface area contributed by atoms with Gasteiger partial charge in [-0.2, -0.15) is 8.42 Å². The highest BCUT2D eigenvalue weighted by atomic mass is 32.2. The zero-order valence-electron chi connectivity index (χ0n) is 15.0. The van der Waals surface area contributed by atoms with E-state index in [1.165, 1.54) is 35.9 Å². The van der Waals surface area contributed by atoms with Crippen molar-refractivity contribution in [3.05, 3.63) is 94.8 Å². The van der Waals surface area contributed by atoms with Crippen molar-refractivity contribution in [1.29, 1.82) is 0 Å². The highest BCUT2D eigenvalue weighted by Crippen LogP contribution is 2.26. The van der Waals surface area contributed by atoms with Crippen molar-refractivity contribution in [2.45, 2.75) is 11.8 Å². The second-order valence-corrected chi connectivity index (χ2v) is 7.93. The van der Waals surface area contributed by atoms with E-state index in [1.807, 2.05) is 43.3 Å². The molecule has 0 saturated carbocycles. The number of benzene rings is 3. The molecular formula is C22H16O5S. The minimum Gasteiger partial charge on any atom is -0.423 e. The molecule has 0 radical (unpaired) electrons. The van der Waals surface area contributed by atoms with Crippen LogP contribution in [0, 0.1) is 6.92 Å². The minimum atomic E-state index is -4.02. The maximum absolute atomic E-state index is 12.6. The Hall–Kier alpha value is -3.38. The van der Waals surface area contributed by atoms with Crippen LogP contribution in [0.2, 0.25) is 0 Å². The fraction of sp³-hybridized carbons (Fsp3) is 0.0455. The molecule has 4 rings (SSSR count). The average molecular weight is 392 g/mol. The van der Waals surface area contributed by atoms with Gasteiger partial charge in [0.05, 0.1) is 0 Å². The molecule has 1 aromatic heterocycles. The van der Waals surface area contributed by atoms with Crippen molar-refractivity contribution in [2.24, 2.45) is 0 Å². The standard InChI is InChI=1S/C22H16O5S/c1-15-2-4-16(5-3-15)17-6-9-19(10-7-17)27-28(24,25)20-11-12-21-18(14-20)8-13-22(23)26-21/h2-14H,1H3. The van der Waals surface area contributed by atoms with Crippen LogP contribution in [0.3, 0.4) is 0 Å². The first-order valence-corrected chi connectivity index (χ1v) is 9.97. The third-order valence-corrected chi connectivity index (χ3v) is 5.57. The van der Waals surface area contributed by atoms with Gasteiger partial charge >= 0.3 is 15.7 Å². The molecule has 0 fully saturated rings. The Bertz CT molecular complexity index is 1300. The topological polar surface area (TPSA) is 73.6 Å². The summed E-state index contributed by atoms with van der Waals surface area (Å²) in [5, 5.41) is 0.499. The molecule has 0 atom stereocenters. The fourth-order valence-electron chi connectivity index (χ4n) is 2.83. The monoisotopic (exact) mass is 392 g/mol. The zero-order valence-corrected chi connectivity index (χ0v) is 15.8. The summed E-state index contributed by atoms with van der Waals surface area (Å²) >= 11 is 0. The molecule has 0 saturated heterocycles. The molecule has 0 aliphatic rings. The summed E-state index contributed by atoms with van der Waals surface area (Å²) < 4.78 is 35.4. The van der Waals surface area contributed by atoms with E-state index in [9.17, 15) is 13.2 Å². The van der Waals surface area contributed by atoms with Gasteiger partial charge in [-0.15, -0.1) is 0 Å². The number of fused-ring (bicyclic) bond motifs is 1. The summed E-state index contributed by atoms with van der Waals surface area (Å²) in [6.07, 6.45) is 0. The predicted molar refractivity (Wildman–Crippen MR) is 107 cm³/mol. The molecule has 0 bridgehead atoms. The summed E-state index contributed by atoms with van der Waals surface area (Å²) in [6.45, 7) is 2.02. The molecule has 4 aromatic rings. The van der Waals surface area contributed by atoms with Gasteiger partial charge in [0.15, 0.2) is 0 Å². The highest BCUT2D eigenvalue weighted by Gasteiger charge is 2.17. The third-order valence-electron chi connectivity index (χ3n) is 4.32. The van der Waals surface area contributed by atoms with Gasteiger partial charge < -0.3 is 8.60 Å². The van der Waals surface area contributed by atoms with Crippen molar-refractivity contribution in [1.82, 2.24) is 0 Å². The van der Waals surface area contributed by atoms with Gasteiger partial charge in [-0.25, -0.2) is 4.79 Å². The molecule has 0 spiro atoms. The summed E-state index contributed by atoms with van der Waals surface area (Å²) in [5.41, 5.74) is 2.99. The second-order valence-electron chi connectivity index (χ2n) is 6.38. The van der Waals surface area contributed by atoms with Crippen molar-refractivity contribution < 1.29 is 17.0 Å². The molecule has 5 nitrogen and oxygen atoms in total. The van der Waals surface area contributed by atoms with Crippen LogP contribution in [0.5, 0.6) is 5.75 Å². The lowest BCUT2D eigenvalue weighted by Crippen LogP contribution is -2.09. The lowest BCUT2D eigenvalue weighted by molar-refractivity contribution is 0.486. The van der Waals surface area contributed by atoms with Crippen LogP contribution in [0.4, 0.5) is 0 Å². The quantitative estimate of drug-likeness (QED) is 0.377. The first-order chi connectivity index (χ1) is 13.4. The van der Waals surface area contributed by atoms with Crippen LogP contribution >= 0.6 is 0 Å². The minimum absolute atomic E-state index is 0.0172. The molecule has 1 heterocycles. The number of aryl methyl sites for hydroxylation is 1. The van der Waals surface area contributed by atoms with Crippen LogP contribution in [-0.2, 0) is 10.1 Å². The molecule has 3 aromatic carbocycles. The Morgan fingerprint density at radius 1 is 0.786 bits per heavy atom. The Morgan fingerprint density at radius 3 is 2.11 bits per heavy atom. The van der Waals surface area contributed by atoms with Crippen molar-refractivity contribution in [3.8, 4) is 16.9 Å². The molecule has 0 aliphatic carbocycles. The Labute approximate surface area is 162 Å². The molecule has 0 N–H and O–H groups in total. The van der Waals surface area contributed by atoms with Gasteiger partial charge in [-0.05, 0) is 54.4 Å². The lowest BCUT2D eigenvalue weighted by Gasteiger charge is -2.09. The Kier molecular flexibility index (Phi) is 4.49. The molecule has 28 heavy (non-hydrogen) atoms. The summed E-state index contributed by atoms with van der Waals surface area (Å²) in [4.78, 5) is 11.2. The SMILES string of the molecule is Cc1ccc(-c2ccc(OS(=O)(=O)c3ccc4oc(=O)ccc4c3)cc2)cc1. The maximum atomic E-state index is 12.6. The van der Waals surface area contributed by atoms with Crippen LogP contribution in [-0.4, -0.2) is 8.42 Å². The van der Waals surface area contributed by atoms with Crippen molar-refractivity contribution >= 4 is 21.1 Å². The van der Waals surface area contributed by atoms with E-state index in [1.54, 1.807) is 12.1 Å². The van der Waals surface area contributed by atoms with Gasteiger partial charge in [-0.1, -0.05) is 42.0 Å². The number of hydrogen-bond donors (Lipinski definition) is 0. The van der Waals surface area contributed by atoms with Gasteiger partial charge in [0, 0.05) is 11.5 Å². The van der Waals surface area contributed by atoms with E-state index in [0.29, 0.717) is 11.0 Å². The smallest absolute Gasteiger partial charge is 0.339 e. The molecule has 140 valence electrons. The number of hydrogen-bond acceptors (Lipinski definition) is 5. The van der Waals surface area contributed by atoms with Gasteiger partial charge in [0.25, 0.3) is 0 Å². The average Bonchev–Trinajstić information content (AvgIpc) is 2.68. The summed E-state index contributed by atoms with van der Waals surface area (Å²) in [7, 11) is -4.02. The van der Waals surface area contributed by atoms with E-state index in [0.717, 1.165) is 11.1 Å². The summed E-state index contributed by atoms with van der Waals surface area (Å²) in [5.74, 6) is 0.218. The van der Waals surface area contributed by atoms with E-state index in [-0.39, 0.29) is 10.6 Å². The largest absolute Gasteiger partial charge is 0.423 e. The first-order valence-electron chi connectivity index (χ1n) is 8.56. The highest BCUT2D eigenvalue weighted by molar-refractivity contribution is 7.87. The van der Waals surface area contributed by atoms with E-state index >= 15 is 0 Å². The lowest BCUT2D eigenvalue weighted by atomic mass is 10.0. The molecule has 0 amide bonds. The number of rotatable bonds is 4. The normalized spacial score (nSPS) is 11.5. The Morgan fingerprint density at radius 2 is 1.43 bits per heavy atom. The van der Waals surface area contributed by atoms with Gasteiger partial charge in [0.1, 0.15) is 16.2 Å². The molecule has 0 aliphatic heterocycles. The van der Waals surface area contributed by atoms with Gasteiger partial charge in [-0.3, -0.25) is 0 Å².